The van der Waals surface area contributed by atoms with E-state index in [1.54, 1.807) is 14.1 Å². The fourth-order valence-electron chi connectivity index (χ4n) is 4.76. The van der Waals surface area contributed by atoms with Gasteiger partial charge in [-0.3, -0.25) is 0 Å². The van der Waals surface area contributed by atoms with E-state index in [4.69, 9.17) is 0 Å². The maximum absolute atomic E-state index is 12.6. The lowest BCUT2D eigenvalue weighted by atomic mass is 10.0. The summed E-state index contributed by atoms with van der Waals surface area (Å²) in [5, 5.41) is 0. The van der Waals surface area contributed by atoms with Crippen LogP contribution in [0.2, 0.25) is 0 Å². The molecule has 2 amide bonds. The maximum atomic E-state index is 12.6. The van der Waals surface area contributed by atoms with Crippen molar-refractivity contribution in [2.75, 3.05) is 14.1 Å². The van der Waals surface area contributed by atoms with Gasteiger partial charge in [-0.2, -0.15) is 0 Å². The Morgan fingerprint density at radius 2 is 0.568 bits per heavy atom. The van der Waals surface area contributed by atoms with Crippen LogP contribution >= 0.6 is 0 Å². The molecule has 0 N–H and O–H groups in total. The second kappa shape index (κ2) is 29.9. The first-order chi connectivity index (χ1) is 17.9. The molecule has 0 saturated carbocycles. The van der Waals surface area contributed by atoms with Crippen LogP contribution in [0.5, 0.6) is 0 Å². The normalized spacial score (nSPS) is 11.3. The van der Waals surface area contributed by atoms with Crippen molar-refractivity contribution in [2.45, 2.75) is 195 Å². The Morgan fingerprint density at radius 1 is 0.378 bits per heavy atom. The minimum atomic E-state index is -0.0597. The van der Waals surface area contributed by atoms with Crippen LogP contribution in [-0.4, -0.2) is 30.4 Å². The number of hydrogen-bond donors (Lipinski definition) is 0. The zero-order valence-electron chi connectivity index (χ0n) is 26.6. The Kier molecular flexibility index (Phi) is 31.0. The third-order valence-electron chi connectivity index (χ3n) is 7.49. The van der Waals surface area contributed by atoms with Crippen LogP contribution in [-0.2, 0) is 9.59 Å². The van der Waals surface area contributed by atoms with Crippen LogP contribution in [0.1, 0.15) is 195 Å². The minimum absolute atomic E-state index is 0.0597. The Hall–Kier alpha value is -0.700. The largest absolute Gasteiger partial charge is 0.320 e. The number of carbonyl (C=O) groups is 2. The molecule has 0 aromatic rings. The van der Waals surface area contributed by atoms with E-state index in [1.165, 1.54) is 128 Å². The quantitative estimate of drug-likeness (QED) is 0.0878. The van der Waals surface area contributed by atoms with Gasteiger partial charge in [0.1, 0.15) is 0 Å². The van der Waals surface area contributed by atoms with E-state index < -0.39 is 0 Å². The van der Waals surface area contributed by atoms with Gasteiger partial charge in [-0.15, -0.1) is 0 Å². The SMILES string of the molecule is CCC.CCCCCCCCCCCCCCC(=O)[N+](C)(C)C(=O)CCCCCCCCCCCCC. The zero-order chi connectivity index (χ0) is 28.0. The predicted molar refractivity (Wildman–Crippen MR) is 165 cm³/mol. The molecule has 37 heavy (non-hydrogen) atoms. The Bertz CT molecular complexity index is 486. The first-order valence-corrected chi connectivity index (χ1v) is 16.8. The van der Waals surface area contributed by atoms with Crippen molar-refractivity contribution in [3.8, 4) is 0 Å². The molecule has 0 heterocycles. The monoisotopic (exact) mass is 525 g/mol. The lowest BCUT2D eigenvalue weighted by Gasteiger charge is -2.24. The van der Waals surface area contributed by atoms with Gasteiger partial charge < -0.3 is 0 Å². The van der Waals surface area contributed by atoms with E-state index in [1.807, 2.05) is 0 Å². The highest BCUT2D eigenvalue weighted by Crippen LogP contribution is 2.16. The lowest BCUT2D eigenvalue weighted by Crippen LogP contribution is -2.50. The van der Waals surface area contributed by atoms with E-state index in [2.05, 4.69) is 27.7 Å². The second-order valence-electron chi connectivity index (χ2n) is 11.9. The molecule has 0 aromatic carbocycles. The second-order valence-corrected chi connectivity index (χ2v) is 11.9. The summed E-state index contributed by atoms with van der Waals surface area (Å²) >= 11 is 0. The fourth-order valence-corrected chi connectivity index (χ4v) is 4.76. The summed E-state index contributed by atoms with van der Waals surface area (Å²) in [4.78, 5) is 25.3. The molecule has 0 aliphatic carbocycles. The predicted octanol–water partition coefficient (Wildman–Crippen LogP) is 11.3. The molecular weight excluding hydrogens is 454 g/mol. The minimum Gasteiger partial charge on any atom is -0.230 e. The van der Waals surface area contributed by atoms with Crippen molar-refractivity contribution in [1.82, 2.24) is 0 Å². The molecule has 0 unspecified atom stereocenters. The summed E-state index contributed by atoms with van der Waals surface area (Å²) in [7, 11) is 3.59. The molecule has 0 aliphatic heterocycles. The highest BCUT2D eigenvalue weighted by molar-refractivity contribution is 5.84. The van der Waals surface area contributed by atoms with Crippen LogP contribution in [0.25, 0.3) is 0 Å². The molecule has 0 saturated heterocycles. The molecule has 3 heteroatoms. The highest BCUT2D eigenvalue weighted by Gasteiger charge is 2.33. The lowest BCUT2D eigenvalue weighted by molar-refractivity contribution is -0.736. The molecule has 0 spiro atoms. The smallest absolute Gasteiger partial charge is 0.230 e. The standard InChI is InChI=1S/C31H62NO2.C3H8/c1-5-7-9-11-13-15-17-19-21-23-25-27-29-31(34)32(3,4)30(33)28-26-24-22-20-18-16-14-12-10-8-6-2;1-3-2/h5-29H2,1-4H3;3H2,1-2H3/q+1;. The van der Waals surface area contributed by atoms with Crippen molar-refractivity contribution in [2.24, 2.45) is 0 Å². The first-order valence-electron chi connectivity index (χ1n) is 16.8. The molecule has 222 valence electrons. The van der Waals surface area contributed by atoms with Crippen molar-refractivity contribution in [3.05, 3.63) is 0 Å². The van der Waals surface area contributed by atoms with E-state index in [-0.39, 0.29) is 16.3 Å². The van der Waals surface area contributed by atoms with Gasteiger partial charge in [0.15, 0.2) is 0 Å². The van der Waals surface area contributed by atoms with Crippen LogP contribution < -0.4 is 0 Å². The van der Waals surface area contributed by atoms with Gasteiger partial charge >= 0.3 is 11.8 Å². The van der Waals surface area contributed by atoms with Gasteiger partial charge in [-0.25, -0.2) is 14.1 Å². The van der Waals surface area contributed by atoms with Crippen molar-refractivity contribution in [3.63, 3.8) is 0 Å². The third kappa shape index (κ3) is 26.7. The van der Waals surface area contributed by atoms with Gasteiger partial charge in [0.05, 0.1) is 26.9 Å². The molecule has 0 fully saturated rings. The fraction of sp³-hybridized carbons (Fsp3) is 0.941. The van der Waals surface area contributed by atoms with Gasteiger partial charge in [0.25, 0.3) is 0 Å². The van der Waals surface area contributed by atoms with Crippen LogP contribution in [0.15, 0.2) is 0 Å². The Morgan fingerprint density at radius 3 is 0.784 bits per heavy atom. The Labute approximate surface area is 234 Å². The summed E-state index contributed by atoms with van der Waals surface area (Å²) in [6.45, 7) is 8.78. The molecule has 0 atom stereocenters. The number of hydrogen-bond acceptors (Lipinski definition) is 2. The maximum Gasteiger partial charge on any atom is 0.320 e. The number of amides is 2. The number of unbranched alkanes of at least 4 members (excludes halogenated alkanes) is 21. The molecular formula is C34H70NO2+. The highest BCUT2D eigenvalue weighted by atomic mass is 16.2. The molecule has 0 radical (unpaired) electrons. The van der Waals surface area contributed by atoms with Crippen molar-refractivity contribution < 1.29 is 14.1 Å². The van der Waals surface area contributed by atoms with E-state index in [0.29, 0.717) is 12.8 Å². The number of nitrogens with zero attached hydrogens (tertiary/aromatic N) is 1. The molecule has 0 rings (SSSR count). The summed E-state index contributed by atoms with van der Waals surface area (Å²) in [6.07, 6.45) is 32.0. The van der Waals surface area contributed by atoms with Gasteiger partial charge in [-0.1, -0.05) is 169 Å². The van der Waals surface area contributed by atoms with Crippen molar-refractivity contribution in [1.29, 1.82) is 0 Å². The number of carbonyl (C=O) groups excluding carboxylic acids is 2. The summed E-state index contributed by atoms with van der Waals surface area (Å²) in [6, 6.07) is 0. The van der Waals surface area contributed by atoms with Gasteiger partial charge in [0.2, 0.25) is 0 Å². The molecule has 0 aliphatic rings. The first kappa shape index (κ1) is 38.4. The number of quaternary nitrogens is 1. The number of imide groups is 1. The van der Waals surface area contributed by atoms with E-state index in [0.717, 1.165) is 25.7 Å². The molecule has 0 aromatic heterocycles. The molecule has 0 bridgehead atoms. The summed E-state index contributed by atoms with van der Waals surface area (Å²) in [5.41, 5.74) is 0. The van der Waals surface area contributed by atoms with Crippen LogP contribution in [0, 0.1) is 0 Å². The van der Waals surface area contributed by atoms with Crippen LogP contribution in [0.3, 0.4) is 0 Å². The van der Waals surface area contributed by atoms with Gasteiger partial charge in [0, 0.05) is 0 Å². The average molecular weight is 525 g/mol. The number of rotatable bonds is 25. The summed E-state index contributed by atoms with van der Waals surface area (Å²) < 4.78 is -0.0597. The third-order valence-corrected chi connectivity index (χ3v) is 7.49. The van der Waals surface area contributed by atoms with E-state index in [9.17, 15) is 9.59 Å². The zero-order valence-corrected chi connectivity index (χ0v) is 26.6. The van der Waals surface area contributed by atoms with Crippen molar-refractivity contribution >= 4 is 11.8 Å². The average Bonchev–Trinajstić information content (AvgIpc) is 2.88. The van der Waals surface area contributed by atoms with Gasteiger partial charge in [-0.05, 0) is 12.8 Å². The summed E-state index contributed by atoms with van der Waals surface area (Å²) in [5.74, 6) is 0.194. The molecule has 3 nitrogen and oxygen atoms in total. The Balaban J connectivity index is 0. The van der Waals surface area contributed by atoms with E-state index >= 15 is 0 Å². The van der Waals surface area contributed by atoms with Crippen LogP contribution in [0.4, 0.5) is 0 Å². The topological polar surface area (TPSA) is 34.1 Å².